The van der Waals surface area contributed by atoms with Crippen LogP contribution in [0.3, 0.4) is 0 Å². The van der Waals surface area contributed by atoms with Gasteiger partial charge >= 0.3 is 6.18 Å². The van der Waals surface area contributed by atoms with Crippen LogP contribution < -0.4 is 4.90 Å². The first-order chi connectivity index (χ1) is 12.8. The van der Waals surface area contributed by atoms with E-state index < -0.39 is 23.9 Å². The Morgan fingerprint density at radius 2 is 1.93 bits per heavy atom. The van der Waals surface area contributed by atoms with Gasteiger partial charge < -0.3 is 9.47 Å². The second-order valence-electron chi connectivity index (χ2n) is 5.98. The maximum atomic E-state index is 13.5. The largest absolute Gasteiger partial charge is 0.433 e. The molecule has 1 aromatic carbocycles. The number of hydrogen-bond donors (Lipinski definition) is 0. The summed E-state index contributed by atoms with van der Waals surface area (Å²) in [5, 5.41) is 0. The number of aliphatic imine (C=N–C) groups is 1. The maximum absolute atomic E-state index is 13.5. The van der Waals surface area contributed by atoms with E-state index in [1.165, 1.54) is 24.4 Å². The van der Waals surface area contributed by atoms with Gasteiger partial charge in [-0.2, -0.15) is 13.2 Å². The molecule has 0 saturated heterocycles. The Morgan fingerprint density at radius 3 is 2.63 bits per heavy atom. The van der Waals surface area contributed by atoms with E-state index in [0.717, 1.165) is 12.3 Å². The van der Waals surface area contributed by atoms with Crippen LogP contribution in [0, 0.1) is 12.7 Å². The third-order valence-corrected chi connectivity index (χ3v) is 4.25. The minimum Gasteiger partial charge on any atom is -0.319 e. The van der Waals surface area contributed by atoms with Gasteiger partial charge in [0.15, 0.2) is 0 Å². The van der Waals surface area contributed by atoms with Crippen molar-refractivity contribution in [2.75, 3.05) is 4.90 Å². The van der Waals surface area contributed by atoms with Gasteiger partial charge in [-0.1, -0.05) is 0 Å². The summed E-state index contributed by atoms with van der Waals surface area (Å²) in [5.41, 5.74) is 0.669. The van der Waals surface area contributed by atoms with Gasteiger partial charge in [0.05, 0.1) is 22.9 Å². The predicted octanol–water partition coefficient (Wildman–Crippen LogP) is 4.46. The van der Waals surface area contributed by atoms with Gasteiger partial charge in [0, 0.05) is 24.7 Å². The Kier molecular flexibility index (Phi) is 3.94. The fourth-order valence-corrected chi connectivity index (χ4v) is 3.06. The molecule has 3 aromatic rings. The van der Waals surface area contributed by atoms with E-state index in [1.54, 1.807) is 30.3 Å². The quantitative estimate of drug-likeness (QED) is 0.622. The minimum atomic E-state index is -4.50. The lowest BCUT2D eigenvalue weighted by Crippen LogP contribution is -2.31. The molecule has 4 rings (SSSR count). The molecule has 1 aliphatic rings. The van der Waals surface area contributed by atoms with Crippen molar-refractivity contribution in [1.82, 2.24) is 14.5 Å². The van der Waals surface area contributed by atoms with Crippen LogP contribution >= 0.6 is 0 Å². The van der Waals surface area contributed by atoms with Gasteiger partial charge in [0.25, 0.3) is 0 Å². The molecule has 0 radical (unpaired) electrons. The number of rotatable bonds is 2. The minimum absolute atomic E-state index is 0.395. The molecule has 1 unspecified atom stereocenters. The first kappa shape index (κ1) is 17.2. The molecule has 0 fully saturated rings. The van der Waals surface area contributed by atoms with Crippen LogP contribution in [0.25, 0.3) is 11.0 Å². The summed E-state index contributed by atoms with van der Waals surface area (Å²) in [6.07, 6.45) is 0.983. The number of anilines is 1. The van der Waals surface area contributed by atoms with Crippen molar-refractivity contribution < 1.29 is 17.6 Å². The number of imidazole rings is 1. The second kappa shape index (κ2) is 6.19. The molecule has 0 amide bonds. The van der Waals surface area contributed by atoms with Crippen molar-refractivity contribution in [3.63, 3.8) is 0 Å². The summed E-state index contributed by atoms with van der Waals surface area (Å²) in [7, 11) is 0. The molecule has 2 aromatic heterocycles. The van der Waals surface area contributed by atoms with Gasteiger partial charge in [0.2, 0.25) is 0 Å². The SMILES string of the molecule is Cc1nc2cc(F)ccc2n1C1C=NC=CN1c1ccc(C(F)(F)F)nc1. The van der Waals surface area contributed by atoms with Crippen LogP contribution in [0.4, 0.5) is 23.2 Å². The zero-order chi connectivity index (χ0) is 19.2. The van der Waals surface area contributed by atoms with Gasteiger partial charge in [-0.3, -0.25) is 4.99 Å². The highest BCUT2D eigenvalue weighted by Crippen LogP contribution is 2.32. The molecule has 0 aliphatic carbocycles. The highest BCUT2D eigenvalue weighted by molar-refractivity contribution is 5.80. The van der Waals surface area contributed by atoms with Crippen molar-refractivity contribution in [3.05, 3.63) is 66.3 Å². The molecule has 0 saturated carbocycles. The summed E-state index contributed by atoms with van der Waals surface area (Å²) in [4.78, 5) is 13.7. The molecule has 1 aliphatic heterocycles. The van der Waals surface area contributed by atoms with Crippen molar-refractivity contribution in [1.29, 1.82) is 0 Å². The summed E-state index contributed by atoms with van der Waals surface area (Å²) in [5.74, 6) is 0.223. The summed E-state index contributed by atoms with van der Waals surface area (Å²) in [6, 6.07) is 6.55. The first-order valence-electron chi connectivity index (χ1n) is 8.00. The van der Waals surface area contributed by atoms with Crippen LogP contribution in [0.5, 0.6) is 0 Å². The Bertz CT molecular complexity index is 1050. The third kappa shape index (κ3) is 3.05. The predicted molar refractivity (Wildman–Crippen MR) is 92.8 cm³/mol. The number of hydrogen-bond acceptors (Lipinski definition) is 4. The van der Waals surface area contributed by atoms with Crippen LogP contribution in [0.2, 0.25) is 0 Å². The zero-order valence-corrected chi connectivity index (χ0v) is 14.0. The van der Waals surface area contributed by atoms with Gasteiger partial charge in [-0.25, -0.2) is 14.4 Å². The average Bonchev–Trinajstić information content (AvgIpc) is 2.96. The van der Waals surface area contributed by atoms with Gasteiger partial charge in [0.1, 0.15) is 23.5 Å². The second-order valence-corrected chi connectivity index (χ2v) is 5.98. The van der Waals surface area contributed by atoms with E-state index in [1.807, 2.05) is 4.57 Å². The molecule has 1 atom stereocenters. The van der Waals surface area contributed by atoms with Crippen molar-refractivity contribution in [3.8, 4) is 0 Å². The Balaban J connectivity index is 1.78. The molecule has 0 spiro atoms. The molecule has 27 heavy (non-hydrogen) atoms. The topological polar surface area (TPSA) is 46.3 Å². The standard InChI is InChI=1S/C18H13F4N5/c1-11-25-14-8-12(19)2-4-15(14)27(11)17-10-23-6-7-26(17)13-3-5-16(24-9-13)18(20,21)22/h2-10,17H,1H3. The maximum Gasteiger partial charge on any atom is 0.433 e. The lowest BCUT2D eigenvalue weighted by Gasteiger charge is -2.31. The molecule has 5 nitrogen and oxygen atoms in total. The van der Waals surface area contributed by atoms with Crippen molar-refractivity contribution >= 4 is 22.9 Å². The smallest absolute Gasteiger partial charge is 0.319 e. The lowest BCUT2D eigenvalue weighted by molar-refractivity contribution is -0.141. The molecule has 0 bridgehead atoms. The van der Waals surface area contributed by atoms with E-state index in [2.05, 4.69) is 15.0 Å². The number of fused-ring (bicyclic) bond motifs is 1. The highest BCUT2D eigenvalue weighted by Gasteiger charge is 2.32. The Morgan fingerprint density at radius 1 is 1.11 bits per heavy atom. The summed E-state index contributed by atoms with van der Waals surface area (Å²) in [6.45, 7) is 1.77. The van der Waals surface area contributed by atoms with Crippen LogP contribution in [-0.2, 0) is 6.18 Å². The van der Waals surface area contributed by atoms with Crippen LogP contribution in [-0.4, -0.2) is 20.7 Å². The normalized spacial score (nSPS) is 17.1. The number of halogens is 4. The van der Waals surface area contributed by atoms with E-state index in [4.69, 9.17) is 0 Å². The highest BCUT2D eigenvalue weighted by atomic mass is 19.4. The van der Waals surface area contributed by atoms with Crippen molar-refractivity contribution in [2.45, 2.75) is 19.3 Å². The van der Waals surface area contributed by atoms with E-state index in [-0.39, 0.29) is 0 Å². The van der Waals surface area contributed by atoms with E-state index in [9.17, 15) is 17.6 Å². The number of pyridine rings is 1. The van der Waals surface area contributed by atoms with E-state index >= 15 is 0 Å². The third-order valence-electron chi connectivity index (χ3n) is 4.25. The summed E-state index contributed by atoms with van der Waals surface area (Å²) >= 11 is 0. The number of alkyl halides is 3. The van der Waals surface area contributed by atoms with E-state index in [0.29, 0.717) is 22.5 Å². The zero-order valence-electron chi connectivity index (χ0n) is 14.0. The Labute approximate surface area is 151 Å². The number of aromatic nitrogens is 3. The monoisotopic (exact) mass is 375 g/mol. The molecular formula is C18H13F4N5. The molecule has 0 N–H and O–H groups in total. The Hall–Kier alpha value is -3.23. The lowest BCUT2D eigenvalue weighted by atomic mass is 10.2. The van der Waals surface area contributed by atoms with Crippen molar-refractivity contribution in [2.24, 2.45) is 4.99 Å². The van der Waals surface area contributed by atoms with Gasteiger partial charge in [-0.05, 0) is 31.2 Å². The van der Waals surface area contributed by atoms with Crippen LogP contribution in [0.15, 0.2) is 53.9 Å². The summed E-state index contributed by atoms with van der Waals surface area (Å²) < 4.78 is 53.6. The fourth-order valence-electron chi connectivity index (χ4n) is 3.06. The van der Waals surface area contributed by atoms with Gasteiger partial charge in [-0.15, -0.1) is 0 Å². The number of aryl methyl sites for hydroxylation is 1. The molecular weight excluding hydrogens is 362 g/mol. The van der Waals surface area contributed by atoms with Crippen LogP contribution in [0.1, 0.15) is 17.7 Å². The molecule has 138 valence electrons. The number of benzene rings is 1. The average molecular weight is 375 g/mol. The first-order valence-corrected chi connectivity index (χ1v) is 8.00. The molecule has 3 heterocycles. The fraction of sp³-hybridized carbons (Fsp3) is 0.167. The molecule has 9 heteroatoms. The number of nitrogens with zero attached hydrogens (tertiary/aromatic N) is 5.